The summed E-state index contributed by atoms with van der Waals surface area (Å²) < 4.78 is 6.06. The Morgan fingerprint density at radius 2 is 2.07 bits per heavy atom. The number of nitrogens with one attached hydrogen (secondary N) is 1. The zero-order valence-corrected chi connectivity index (χ0v) is 16.2. The van der Waals surface area contributed by atoms with Crippen molar-refractivity contribution in [3.8, 4) is 6.07 Å². The van der Waals surface area contributed by atoms with E-state index in [0.717, 1.165) is 32.7 Å². The van der Waals surface area contributed by atoms with Crippen LogP contribution in [0.4, 0.5) is 5.69 Å². The molecule has 27 heavy (non-hydrogen) atoms. The minimum atomic E-state index is -0.243. The summed E-state index contributed by atoms with van der Waals surface area (Å²) in [5.74, 6) is -0.0772. The summed E-state index contributed by atoms with van der Waals surface area (Å²) in [6.45, 7) is 7.74. The molecule has 3 rings (SSSR count). The summed E-state index contributed by atoms with van der Waals surface area (Å²) >= 11 is 0. The third-order valence-electron chi connectivity index (χ3n) is 5.62. The topological polar surface area (TPSA) is 68.6 Å². The van der Waals surface area contributed by atoms with Crippen molar-refractivity contribution in [2.45, 2.75) is 44.8 Å². The first-order valence-corrected chi connectivity index (χ1v) is 10.1. The normalized spacial score (nSPS) is 22.3. The number of amides is 1. The molecule has 2 atom stereocenters. The maximum Gasteiger partial charge on any atom is 0.241 e. The fourth-order valence-electron chi connectivity index (χ4n) is 3.87. The van der Waals surface area contributed by atoms with Crippen LogP contribution < -0.4 is 5.32 Å². The van der Waals surface area contributed by atoms with Gasteiger partial charge in [0.1, 0.15) is 6.07 Å². The van der Waals surface area contributed by atoms with Crippen LogP contribution in [-0.2, 0) is 9.53 Å². The lowest BCUT2D eigenvalue weighted by Gasteiger charge is -2.27. The van der Waals surface area contributed by atoms with Crippen molar-refractivity contribution in [2.24, 2.45) is 0 Å². The second kappa shape index (κ2) is 9.84. The van der Waals surface area contributed by atoms with E-state index in [1.165, 1.54) is 32.4 Å². The van der Waals surface area contributed by atoms with E-state index >= 15 is 0 Å². The molecule has 2 aliphatic rings. The quantitative estimate of drug-likeness (QED) is 0.798. The SMILES string of the molecule is C[C@@H](C(=O)Nc1ccccc1C#N)N1CC[C@@H](OCCN2CCCCC2)C1. The Balaban J connectivity index is 1.42. The average Bonchev–Trinajstić information content (AvgIpc) is 3.17. The number of anilines is 1. The molecule has 1 aromatic carbocycles. The Morgan fingerprint density at radius 3 is 2.85 bits per heavy atom. The molecule has 0 aromatic heterocycles. The van der Waals surface area contributed by atoms with Gasteiger partial charge in [0.05, 0.1) is 30.0 Å². The Labute approximate surface area is 162 Å². The Bertz CT molecular complexity index is 666. The lowest BCUT2D eigenvalue weighted by atomic mass is 10.1. The highest BCUT2D eigenvalue weighted by Crippen LogP contribution is 2.19. The molecular formula is C21H30N4O2. The van der Waals surface area contributed by atoms with E-state index in [-0.39, 0.29) is 18.1 Å². The second-order valence-electron chi connectivity index (χ2n) is 7.50. The average molecular weight is 370 g/mol. The van der Waals surface area contributed by atoms with Gasteiger partial charge in [0.2, 0.25) is 5.91 Å². The first-order valence-electron chi connectivity index (χ1n) is 10.1. The number of likely N-dealkylation sites (tertiary alicyclic amines) is 2. The molecule has 0 bridgehead atoms. The third kappa shape index (κ3) is 5.52. The number of carbonyl (C=O) groups excluding carboxylic acids is 1. The first kappa shape index (κ1) is 19.8. The van der Waals surface area contributed by atoms with Crippen LogP contribution in [0.25, 0.3) is 0 Å². The highest BCUT2D eigenvalue weighted by atomic mass is 16.5. The van der Waals surface area contributed by atoms with Crippen LogP contribution in [0.1, 0.15) is 38.2 Å². The highest BCUT2D eigenvalue weighted by Gasteiger charge is 2.30. The molecule has 2 fully saturated rings. The van der Waals surface area contributed by atoms with Crippen LogP contribution in [0.3, 0.4) is 0 Å². The lowest BCUT2D eigenvalue weighted by Crippen LogP contribution is -2.41. The molecule has 2 saturated heterocycles. The van der Waals surface area contributed by atoms with Crippen molar-refractivity contribution in [3.05, 3.63) is 29.8 Å². The number of nitrogens with zero attached hydrogens (tertiary/aromatic N) is 3. The Hall–Kier alpha value is -1.94. The number of benzene rings is 1. The van der Waals surface area contributed by atoms with Gasteiger partial charge >= 0.3 is 0 Å². The van der Waals surface area contributed by atoms with E-state index in [9.17, 15) is 4.79 Å². The number of nitriles is 1. The molecule has 2 heterocycles. The van der Waals surface area contributed by atoms with Crippen molar-refractivity contribution in [1.82, 2.24) is 9.80 Å². The van der Waals surface area contributed by atoms with Gasteiger partial charge in [-0.3, -0.25) is 9.69 Å². The van der Waals surface area contributed by atoms with Crippen LogP contribution in [-0.4, -0.2) is 67.2 Å². The fourth-order valence-corrected chi connectivity index (χ4v) is 3.87. The van der Waals surface area contributed by atoms with Crippen LogP contribution >= 0.6 is 0 Å². The molecule has 1 amide bonds. The van der Waals surface area contributed by atoms with E-state index in [1.54, 1.807) is 18.2 Å². The molecular weight excluding hydrogens is 340 g/mol. The molecule has 1 N–H and O–H groups in total. The molecule has 0 aliphatic carbocycles. The molecule has 6 nitrogen and oxygen atoms in total. The van der Waals surface area contributed by atoms with Gasteiger partial charge in [-0.15, -0.1) is 0 Å². The van der Waals surface area contributed by atoms with E-state index in [4.69, 9.17) is 10.00 Å². The van der Waals surface area contributed by atoms with Crippen molar-refractivity contribution in [3.63, 3.8) is 0 Å². The van der Waals surface area contributed by atoms with Crippen LogP contribution in [0, 0.1) is 11.3 Å². The zero-order valence-electron chi connectivity index (χ0n) is 16.2. The van der Waals surface area contributed by atoms with Crippen molar-refractivity contribution < 1.29 is 9.53 Å². The zero-order chi connectivity index (χ0) is 19.1. The Morgan fingerprint density at radius 1 is 1.30 bits per heavy atom. The smallest absolute Gasteiger partial charge is 0.241 e. The van der Waals surface area contributed by atoms with Crippen molar-refractivity contribution in [2.75, 3.05) is 44.6 Å². The largest absolute Gasteiger partial charge is 0.376 e. The van der Waals surface area contributed by atoms with Gasteiger partial charge in [-0.05, 0) is 51.4 Å². The second-order valence-corrected chi connectivity index (χ2v) is 7.50. The third-order valence-corrected chi connectivity index (χ3v) is 5.62. The minimum Gasteiger partial charge on any atom is -0.376 e. The summed E-state index contributed by atoms with van der Waals surface area (Å²) in [4.78, 5) is 17.2. The summed E-state index contributed by atoms with van der Waals surface area (Å²) in [5, 5.41) is 12.0. The van der Waals surface area contributed by atoms with Crippen LogP contribution in [0.5, 0.6) is 0 Å². The number of rotatable bonds is 7. The number of ether oxygens (including phenoxy) is 1. The van der Waals surface area contributed by atoms with Crippen LogP contribution in [0.2, 0.25) is 0 Å². The predicted molar refractivity (Wildman–Crippen MR) is 105 cm³/mol. The number of para-hydroxylation sites is 1. The Kier molecular flexibility index (Phi) is 7.22. The summed E-state index contributed by atoms with van der Waals surface area (Å²) in [5.41, 5.74) is 1.06. The number of piperidine rings is 1. The fraction of sp³-hybridized carbons (Fsp3) is 0.619. The molecule has 1 aromatic rings. The molecule has 0 radical (unpaired) electrons. The molecule has 2 aliphatic heterocycles. The van der Waals surface area contributed by atoms with Gasteiger partial charge in [0.25, 0.3) is 0 Å². The summed E-state index contributed by atoms with van der Waals surface area (Å²) in [6.07, 6.45) is 5.13. The maximum absolute atomic E-state index is 12.6. The predicted octanol–water partition coefficient (Wildman–Crippen LogP) is 2.46. The lowest BCUT2D eigenvalue weighted by molar-refractivity contribution is -0.120. The molecule has 6 heteroatoms. The molecule has 0 spiro atoms. The van der Waals surface area contributed by atoms with Crippen molar-refractivity contribution in [1.29, 1.82) is 5.26 Å². The van der Waals surface area contributed by atoms with Gasteiger partial charge in [0, 0.05) is 19.6 Å². The highest BCUT2D eigenvalue weighted by molar-refractivity contribution is 5.95. The van der Waals surface area contributed by atoms with E-state index in [1.807, 2.05) is 13.0 Å². The minimum absolute atomic E-state index is 0.0772. The number of carbonyl (C=O) groups is 1. The number of hydrogen-bond donors (Lipinski definition) is 1. The van der Waals surface area contributed by atoms with E-state index in [0.29, 0.717) is 11.3 Å². The van der Waals surface area contributed by atoms with Crippen LogP contribution in [0.15, 0.2) is 24.3 Å². The monoisotopic (exact) mass is 370 g/mol. The van der Waals surface area contributed by atoms with Gasteiger partial charge in [-0.25, -0.2) is 0 Å². The van der Waals surface area contributed by atoms with E-state index < -0.39 is 0 Å². The standard InChI is InChI=1S/C21H30N4O2/c1-17(21(26)23-20-8-4-3-7-18(20)15-22)25-12-9-19(16-25)27-14-13-24-10-5-2-6-11-24/h3-4,7-8,17,19H,2,5-6,9-14,16H2,1H3,(H,23,26)/t17-,19+/m0/s1. The first-order chi connectivity index (χ1) is 13.2. The maximum atomic E-state index is 12.6. The number of hydrogen-bond acceptors (Lipinski definition) is 5. The molecule has 0 saturated carbocycles. The van der Waals surface area contributed by atoms with Gasteiger partial charge < -0.3 is 15.0 Å². The summed E-state index contributed by atoms with van der Waals surface area (Å²) in [7, 11) is 0. The summed E-state index contributed by atoms with van der Waals surface area (Å²) in [6, 6.07) is 8.96. The van der Waals surface area contributed by atoms with Gasteiger partial charge in [0.15, 0.2) is 0 Å². The van der Waals surface area contributed by atoms with E-state index in [2.05, 4.69) is 21.2 Å². The van der Waals surface area contributed by atoms with Gasteiger partial charge in [-0.1, -0.05) is 18.6 Å². The molecule has 0 unspecified atom stereocenters. The molecule has 146 valence electrons. The van der Waals surface area contributed by atoms with Gasteiger partial charge in [-0.2, -0.15) is 5.26 Å². The van der Waals surface area contributed by atoms with Crippen molar-refractivity contribution >= 4 is 11.6 Å².